The molecule has 0 aliphatic rings. The summed E-state index contributed by atoms with van der Waals surface area (Å²) < 4.78 is 14.5. The van der Waals surface area contributed by atoms with Crippen molar-refractivity contribution in [2.45, 2.75) is 6.04 Å². The van der Waals surface area contributed by atoms with Gasteiger partial charge in [0.05, 0.1) is 10.5 Å². The van der Waals surface area contributed by atoms with Crippen LogP contribution in [0.15, 0.2) is 45.3 Å². The first-order valence-corrected chi connectivity index (χ1v) is 7.84. The number of nitrogens with one attached hydrogen (secondary N) is 1. The van der Waals surface area contributed by atoms with E-state index in [0.29, 0.717) is 16.0 Å². The standard InChI is InChI=1S/C14H12Br2ClFN2/c15-8-1-3-10(12(17)5-8)14(7-19)20-9-2-4-13(18)11(16)6-9/h1-6,14,20H,7,19H2. The Kier molecular flexibility index (Phi) is 5.43. The van der Waals surface area contributed by atoms with Crippen molar-refractivity contribution in [3.63, 3.8) is 0 Å². The summed E-state index contributed by atoms with van der Waals surface area (Å²) in [5.41, 5.74) is 7.48. The van der Waals surface area contributed by atoms with Crippen molar-refractivity contribution in [1.29, 1.82) is 0 Å². The van der Waals surface area contributed by atoms with Gasteiger partial charge in [0, 0.05) is 21.7 Å². The molecule has 0 aliphatic heterocycles. The largest absolute Gasteiger partial charge is 0.377 e. The molecule has 2 rings (SSSR count). The molecule has 6 heteroatoms. The van der Waals surface area contributed by atoms with Crippen molar-refractivity contribution in [2.24, 2.45) is 5.73 Å². The van der Waals surface area contributed by atoms with E-state index < -0.39 is 0 Å². The highest BCUT2D eigenvalue weighted by molar-refractivity contribution is 9.10. The van der Waals surface area contributed by atoms with Crippen LogP contribution < -0.4 is 11.1 Å². The van der Waals surface area contributed by atoms with Gasteiger partial charge < -0.3 is 11.1 Å². The highest BCUT2D eigenvalue weighted by Gasteiger charge is 2.14. The molecule has 0 fully saturated rings. The van der Waals surface area contributed by atoms with Gasteiger partial charge in [-0.3, -0.25) is 0 Å². The fraction of sp³-hybridized carbons (Fsp3) is 0.143. The maximum absolute atomic E-state index is 13.2. The highest BCUT2D eigenvalue weighted by atomic mass is 79.9. The smallest absolute Gasteiger partial charge is 0.137 e. The van der Waals surface area contributed by atoms with E-state index in [-0.39, 0.29) is 11.9 Å². The van der Waals surface area contributed by atoms with Crippen LogP contribution in [-0.2, 0) is 0 Å². The van der Waals surface area contributed by atoms with Gasteiger partial charge in [-0.2, -0.15) is 0 Å². The van der Waals surface area contributed by atoms with Crippen molar-refractivity contribution < 1.29 is 4.39 Å². The lowest BCUT2D eigenvalue weighted by molar-refractivity contribution is 0.621. The summed E-state index contributed by atoms with van der Waals surface area (Å²) >= 11 is 12.8. The second kappa shape index (κ2) is 6.89. The summed E-state index contributed by atoms with van der Waals surface area (Å²) in [7, 11) is 0. The lowest BCUT2D eigenvalue weighted by Crippen LogP contribution is -2.21. The lowest BCUT2D eigenvalue weighted by Gasteiger charge is -2.20. The van der Waals surface area contributed by atoms with Crippen LogP contribution in [0.1, 0.15) is 11.6 Å². The Labute approximate surface area is 138 Å². The van der Waals surface area contributed by atoms with Crippen molar-refractivity contribution in [2.75, 3.05) is 11.9 Å². The Morgan fingerprint density at radius 1 is 1.20 bits per heavy atom. The summed E-state index contributed by atoms with van der Waals surface area (Å²) in [6.45, 7) is 0.371. The average molecular weight is 423 g/mol. The molecule has 0 saturated carbocycles. The van der Waals surface area contributed by atoms with E-state index in [2.05, 4.69) is 37.2 Å². The molecule has 2 nitrogen and oxygen atoms in total. The lowest BCUT2D eigenvalue weighted by atomic mass is 10.1. The molecule has 0 radical (unpaired) electrons. The minimum atomic E-state index is -0.304. The molecule has 0 heterocycles. The Morgan fingerprint density at radius 2 is 1.95 bits per heavy atom. The average Bonchev–Trinajstić information content (AvgIpc) is 2.41. The van der Waals surface area contributed by atoms with Crippen LogP contribution >= 0.6 is 43.5 Å². The van der Waals surface area contributed by atoms with E-state index in [0.717, 1.165) is 15.7 Å². The number of hydrogen-bond donors (Lipinski definition) is 2. The minimum absolute atomic E-state index is 0.145. The molecule has 1 atom stereocenters. The molecule has 106 valence electrons. The zero-order valence-electron chi connectivity index (χ0n) is 10.3. The van der Waals surface area contributed by atoms with E-state index in [4.69, 9.17) is 17.3 Å². The quantitative estimate of drug-likeness (QED) is 0.718. The first kappa shape index (κ1) is 15.8. The Hall–Kier alpha value is -0.620. The second-order valence-electron chi connectivity index (χ2n) is 4.23. The second-order valence-corrected chi connectivity index (χ2v) is 6.40. The Bertz CT molecular complexity index is 622. The van der Waals surface area contributed by atoms with Gasteiger partial charge in [-0.15, -0.1) is 0 Å². The number of hydrogen-bond acceptors (Lipinski definition) is 2. The third kappa shape index (κ3) is 3.73. The molecule has 2 aromatic rings. The first-order valence-electron chi connectivity index (χ1n) is 5.88. The number of anilines is 1. The van der Waals surface area contributed by atoms with Crippen LogP contribution in [0.5, 0.6) is 0 Å². The number of benzene rings is 2. The summed E-state index contributed by atoms with van der Waals surface area (Å²) in [6, 6.07) is 10.2. The zero-order chi connectivity index (χ0) is 14.7. The van der Waals surface area contributed by atoms with Crippen LogP contribution in [0.4, 0.5) is 10.1 Å². The summed E-state index contributed by atoms with van der Waals surface area (Å²) in [5, 5.41) is 3.88. The Morgan fingerprint density at radius 3 is 2.55 bits per heavy atom. The third-order valence-electron chi connectivity index (χ3n) is 2.83. The van der Waals surface area contributed by atoms with E-state index in [1.807, 2.05) is 18.2 Å². The van der Waals surface area contributed by atoms with E-state index in [1.165, 1.54) is 6.07 Å². The van der Waals surface area contributed by atoms with Crippen molar-refractivity contribution in [3.8, 4) is 0 Å². The SMILES string of the molecule is NCC(Nc1ccc(F)c(Br)c1)c1ccc(Br)cc1Cl. The van der Waals surface area contributed by atoms with Crippen LogP contribution in [0, 0.1) is 5.82 Å². The van der Waals surface area contributed by atoms with Crippen LogP contribution in [0.2, 0.25) is 5.02 Å². The number of halogens is 4. The van der Waals surface area contributed by atoms with Crippen molar-refractivity contribution >= 4 is 49.1 Å². The molecule has 0 amide bonds. The van der Waals surface area contributed by atoms with Gasteiger partial charge in [-0.05, 0) is 51.8 Å². The van der Waals surface area contributed by atoms with Crippen molar-refractivity contribution in [3.05, 3.63) is 61.7 Å². The molecule has 3 N–H and O–H groups in total. The molecule has 2 aromatic carbocycles. The molecule has 0 spiro atoms. The predicted molar refractivity (Wildman–Crippen MR) is 88.7 cm³/mol. The monoisotopic (exact) mass is 420 g/mol. The maximum Gasteiger partial charge on any atom is 0.137 e. The molecule has 0 bridgehead atoms. The highest BCUT2D eigenvalue weighted by Crippen LogP contribution is 2.29. The molecule has 0 saturated heterocycles. The van der Waals surface area contributed by atoms with Crippen LogP contribution in [0.25, 0.3) is 0 Å². The van der Waals surface area contributed by atoms with Gasteiger partial charge in [0.2, 0.25) is 0 Å². The molecule has 1 unspecified atom stereocenters. The van der Waals surface area contributed by atoms with Gasteiger partial charge in [-0.1, -0.05) is 33.6 Å². The summed E-state index contributed by atoms with van der Waals surface area (Å²) in [4.78, 5) is 0. The summed E-state index contributed by atoms with van der Waals surface area (Å²) in [5.74, 6) is -0.304. The van der Waals surface area contributed by atoms with Crippen LogP contribution in [0.3, 0.4) is 0 Å². The first-order chi connectivity index (χ1) is 9.51. The number of nitrogens with two attached hydrogens (primary N) is 1. The maximum atomic E-state index is 13.2. The molecular weight excluding hydrogens is 410 g/mol. The van der Waals surface area contributed by atoms with Gasteiger partial charge >= 0.3 is 0 Å². The number of rotatable bonds is 4. The summed E-state index contributed by atoms with van der Waals surface area (Å²) in [6.07, 6.45) is 0. The van der Waals surface area contributed by atoms with E-state index in [1.54, 1.807) is 12.1 Å². The van der Waals surface area contributed by atoms with Gasteiger partial charge in [0.25, 0.3) is 0 Å². The topological polar surface area (TPSA) is 38.0 Å². The van der Waals surface area contributed by atoms with Crippen molar-refractivity contribution in [1.82, 2.24) is 0 Å². The molecule has 20 heavy (non-hydrogen) atoms. The fourth-order valence-electron chi connectivity index (χ4n) is 1.83. The zero-order valence-corrected chi connectivity index (χ0v) is 14.3. The predicted octanol–water partition coefficient (Wildman–Crippen LogP) is 5.12. The van der Waals surface area contributed by atoms with Gasteiger partial charge in [0.15, 0.2) is 0 Å². The van der Waals surface area contributed by atoms with Gasteiger partial charge in [0.1, 0.15) is 5.82 Å². The molecule has 0 aromatic heterocycles. The van der Waals surface area contributed by atoms with Gasteiger partial charge in [-0.25, -0.2) is 4.39 Å². The molecular formula is C14H12Br2ClFN2. The van der Waals surface area contributed by atoms with Crippen LogP contribution in [-0.4, -0.2) is 6.54 Å². The Balaban J connectivity index is 2.26. The van der Waals surface area contributed by atoms with E-state index >= 15 is 0 Å². The minimum Gasteiger partial charge on any atom is -0.377 e. The van der Waals surface area contributed by atoms with E-state index in [9.17, 15) is 4.39 Å². The normalized spacial score (nSPS) is 12.2. The third-order valence-corrected chi connectivity index (χ3v) is 4.26. The molecule has 0 aliphatic carbocycles. The fourth-order valence-corrected chi connectivity index (χ4v) is 3.02.